The highest BCUT2D eigenvalue weighted by Crippen LogP contribution is 2.13. The average Bonchev–Trinajstić information content (AvgIpc) is 2.03. The zero-order valence-corrected chi connectivity index (χ0v) is 7.45. The van der Waals surface area contributed by atoms with Gasteiger partial charge in [0, 0.05) is 5.69 Å². The van der Waals surface area contributed by atoms with Gasteiger partial charge in [-0.05, 0) is 17.6 Å². The lowest BCUT2D eigenvalue weighted by Gasteiger charge is -2.01. The van der Waals surface area contributed by atoms with Crippen LogP contribution >= 0.6 is 12.4 Å². The predicted molar refractivity (Wildman–Crippen MR) is 54.2 cm³/mol. The molecule has 0 aromatic heterocycles. The molecule has 0 atom stereocenters. The highest BCUT2D eigenvalue weighted by molar-refractivity contribution is 6.58. The van der Waals surface area contributed by atoms with Crippen LogP contribution in [0.2, 0.25) is 0 Å². The number of benzene rings is 1. The summed E-state index contributed by atoms with van der Waals surface area (Å²) >= 11 is 0. The second-order valence-electron chi connectivity index (χ2n) is 2.34. The second kappa shape index (κ2) is 4.72. The van der Waals surface area contributed by atoms with Gasteiger partial charge in [0.05, 0.1) is 6.57 Å². The lowest BCUT2D eigenvalue weighted by Crippen LogP contribution is -2.29. The summed E-state index contributed by atoms with van der Waals surface area (Å²) in [7, 11) is -1.58. The lowest BCUT2D eigenvalue weighted by molar-refractivity contribution is 0.426. The van der Waals surface area contributed by atoms with Crippen LogP contribution in [0.4, 0.5) is 11.4 Å². The van der Waals surface area contributed by atoms with Crippen molar-refractivity contribution in [2.45, 2.75) is 0 Å². The Labute approximate surface area is 82.4 Å². The van der Waals surface area contributed by atoms with E-state index in [1.807, 2.05) is 0 Å². The first-order chi connectivity index (χ1) is 5.63. The smallest absolute Gasteiger partial charge is 0.423 e. The molecule has 6 heteroatoms. The van der Waals surface area contributed by atoms with Crippen molar-refractivity contribution in [2.75, 3.05) is 5.73 Å². The summed E-state index contributed by atoms with van der Waals surface area (Å²) in [5.41, 5.74) is 6.30. The Morgan fingerprint density at radius 1 is 1.31 bits per heavy atom. The number of nitrogen functional groups attached to an aromatic ring is 1. The first-order valence-corrected chi connectivity index (χ1v) is 3.27. The number of hydrogen-bond acceptors (Lipinski definition) is 3. The molecule has 0 unspecified atom stereocenters. The van der Waals surface area contributed by atoms with Gasteiger partial charge in [0.1, 0.15) is 0 Å². The average molecular weight is 198 g/mol. The minimum Gasteiger partial charge on any atom is -0.423 e. The molecule has 0 bridgehead atoms. The van der Waals surface area contributed by atoms with Crippen molar-refractivity contribution in [1.82, 2.24) is 0 Å². The van der Waals surface area contributed by atoms with Gasteiger partial charge in [-0.15, -0.1) is 12.4 Å². The Balaban J connectivity index is 0.00000144. The third-order valence-corrected chi connectivity index (χ3v) is 1.39. The second-order valence-corrected chi connectivity index (χ2v) is 2.34. The normalized spacial score (nSPS) is 8.38. The lowest BCUT2D eigenvalue weighted by atomic mass is 9.80. The quantitative estimate of drug-likeness (QED) is 0.336. The molecule has 0 aliphatic rings. The number of hydrogen-bond donors (Lipinski definition) is 3. The Morgan fingerprint density at radius 3 is 2.38 bits per heavy atom. The SMILES string of the molecule is Cl.[C-]#[N+]c1cc(N)cc(B(O)O)c1. The first-order valence-electron chi connectivity index (χ1n) is 3.27. The fourth-order valence-corrected chi connectivity index (χ4v) is 0.873. The Kier molecular flexibility index (Phi) is 4.28. The molecular weight excluding hydrogens is 190 g/mol. The molecule has 0 radical (unpaired) electrons. The molecule has 4 nitrogen and oxygen atoms in total. The van der Waals surface area contributed by atoms with Crippen LogP contribution in [0.3, 0.4) is 0 Å². The summed E-state index contributed by atoms with van der Waals surface area (Å²) < 4.78 is 0. The molecule has 0 heterocycles. The van der Waals surface area contributed by atoms with Gasteiger partial charge in [0.15, 0.2) is 5.69 Å². The van der Waals surface area contributed by atoms with Crippen LogP contribution < -0.4 is 11.2 Å². The van der Waals surface area contributed by atoms with Gasteiger partial charge in [-0.2, -0.15) is 0 Å². The maximum atomic E-state index is 8.77. The van der Waals surface area contributed by atoms with Crippen LogP contribution in [0.1, 0.15) is 0 Å². The molecular formula is C7H8BClN2O2. The van der Waals surface area contributed by atoms with Gasteiger partial charge < -0.3 is 15.8 Å². The highest BCUT2D eigenvalue weighted by atomic mass is 35.5. The molecule has 1 rings (SSSR count). The van der Waals surface area contributed by atoms with Gasteiger partial charge in [0.2, 0.25) is 0 Å². The largest absolute Gasteiger partial charge is 0.487 e. The van der Waals surface area contributed by atoms with E-state index in [0.717, 1.165) is 0 Å². The zero-order chi connectivity index (χ0) is 9.14. The van der Waals surface area contributed by atoms with E-state index in [-0.39, 0.29) is 17.9 Å². The molecule has 0 amide bonds. The minimum atomic E-state index is -1.58. The molecule has 4 N–H and O–H groups in total. The summed E-state index contributed by atoms with van der Waals surface area (Å²) in [4.78, 5) is 3.12. The molecule has 0 saturated carbocycles. The van der Waals surface area contributed by atoms with Gasteiger partial charge >= 0.3 is 7.12 Å². The highest BCUT2D eigenvalue weighted by Gasteiger charge is 2.11. The molecule has 0 saturated heterocycles. The number of nitrogens with two attached hydrogens (primary N) is 1. The number of anilines is 1. The van der Waals surface area contributed by atoms with Gasteiger partial charge in [0.25, 0.3) is 0 Å². The van der Waals surface area contributed by atoms with E-state index in [1.54, 1.807) is 0 Å². The Morgan fingerprint density at radius 2 is 1.92 bits per heavy atom. The Bertz CT molecular complexity index is 338. The maximum Gasteiger partial charge on any atom is 0.487 e. The molecule has 0 fully saturated rings. The summed E-state index contributed by atoms with van der Waals surface area (Å²) in [6, 6.07) is 4.27. The van der Waals surface area contributed by atoms with Crippen molar-refractivity contribution in [3.63, 3.8) is 0 Å². The van der Waals surface area contributed by atoms with Crippen molar-refractivity contribution in [2.24, 2.45) is 0 Å². The fraction of sp³-hybridized carbons (Fsp3) is 0. The van der Waals surface area contributed by atoms with Crippen LogP contribution in [0.5, 0.6) is 0 Å². The minimum absolute atomic E-state index is 0. The van der Waals surface area contributed by atoms with Crippen molar-refractivity contribution >= 4 is 36.4 Å². The number of halogens is 1. The Hall–Kier alpha value is -1.22. The summed E-state index contributed by atoms with van der Waals surface area (Å²) in [6.45, 7) is 6.68. The van der Waals surface area contributed by atoms with Gasteiger partial charge in [-0.3, -0.25) is 0 Å². The molecule has 0 aliphatic heterocycles. The topological polar surface area (TPSA) is 70.8 Å². The van der Waals surface area contributed by atoms with Gasteiger partial charge in [-0.25, -0.2) is 4.85 Å². The van der Waals surface area contributed by atoms with E-state index in [0.29, 0.717) is 11.4 Å². The summed E-state index contributed by atoms with van der Waals surface area (Å²) in [6.07, 6.45) is 0. The van der Waals surface area contributed by atoms with Crippen molar-refractivity contribution in [3.05, 3.63) is 29.6 Å². The molecule has 0 aliphatic carbocycles. The molecule has 1 aromatic carbocycles. The number of rotatable bonds is 1. The van der Waals surface area contributed by atoms with E-state index in [1.165, 1.54) is 18.2 Å². The van der Waals surface area contributed by atoms with Crippen molar-refractivity contribution in [1.29, 1.82) is 0 Å². The first kappa shape index (κ1) is 11.8. The zero-order valence-electron chi connectivity index (χ0n) is 6.64. The molecule has 0 spiro atoms. The third kappa shape index (κ3) is 2.95. The predicted octanol–water partition coefficient (Wildman–Crippen LogP) is -0.0788. The van der Waals surface area contributed by atoms with Crippen LogP contribution in [-0.2, 0) is 0 Å². The van der Waals surface area contributed by atoms with E-state index in [2.05, 4.69) is 4.85 Å². The van der Waals surface area contributed by atoms with Crippen molar-refractivity contribution in [3.8, 4) is 0 Å². The van der Waals surface area contributed by atoms with E-state index < -0.39 is 7.12 Å². The molecule has 1 aromatic rings. The van der Waals surface area contributed by atoms with Crippen LogP contribution in [-0.4, -0.2) is 17.2 Å². The molecule has 68 valence electrons. The fourth-order valence-electron chi connectivity index (χ4n) is 0.873. The van der Waals surface area contributed by atoms with Crippen LogP contribution in [0.25, 0.3) is 4.85 Å². The monoisotopic (exact) mass is 198 g/mol. The van der Waals surface area contributed by atoms with E-state index in [4.69, 9.17) is 22.4 Å². The summed E-state index contributed by atoms with van der Waals surface area (Å²) in [5, 5.41) is 17.5. The van der Waals surface area contributed by atoms with E-state index >= 15 is 0 Å². The maximum absolute atomic E-state index is 8.77. The van der Waals surface area contributed by atoms with Crippen LogP contribution in [0, 0.1) is 6.57 Å². The van der Waals surface area contributed by atoms with Crippen LogP contribution in [0.15, 0.2) is 18.2 Å². The van der Waals surface area contributed by atoms with E-state index in [9.17, 15) is 0 Å². The standard InChI is InChI=1S/C7H7BN2O2.ClH/c1-10-7-3-5(8(11)12)2-6(9)4-7;/h2-4,11-12H,9H2;1H. The van der Waals surface area contributed by atoms with Gasteiger partial charge in [-0.1, -0.05) is 6.07 Å². The molecule has 13 heavy (non-hydrogen) atoms. The third-order valence-electron chi connectivity index (χ3n) is 1.39. The number of nitrogens with zero attached hydrogens (tertiary/aromatic N) is 1. The summed E-state index contributed by atoms with van der Waals surface area (Å²) in [5.74, 6) is 0. The van der Waals surface area contributed by atoms with Crippen molar-refractivity contribution < 1.29 is 10.0 Å².